The molecule has 2 nitrogen and oxygen atoms in total. The van der Waals surface area contributed by atoms with Gasteiger partial charge in [-0.3, -0.25) is 4.79 Å². The van der Waals surface area contributed by atoms with Crippen LogP contribution in [0.15, 0.2) is 0 Å². The largest absolute Gasteiger partial charge is 0.374 e. The number of carbonyl (C=O) groups excluding carboxylic acids is 1. The average Bonchev–Trinajstić information content (AvgIpc) is 2.81. The quantitative estimate of drug-likeness (QED) is 0.644. The zero-order valence-electron chi connectivity index (χ0n) is 14.9. The van der Waals surface area contributed by atoms with E-state index in [9.17, 15) is 4.79 Å². The Morgan fingerprint density at radius 1 is 0.957 bits per heavy atom. The normalized spacial score (nSPS) is 58.3. The molecule has 1 heterocycles. The maximum Gasteiger partial charge on any atom is 0.133 e. The maximum absolute atomic E-state index is 12.0. The van der Waals surface area contributed by atoms with E-state index in [1.165, 1.54) is 51.4 Å². The lowest BCUT2D eigenvalue weighted by molar-refractivity contribution is -0.231. The molecule has 0 unspecified atom stereocenters. The first-order valence-corrected chi connectivity index (χ1v) is 10.1. The van der Waals surface area contributed by atoms with Crippen molar-refractivity contribution >= 4 is 5.78 Å². The molecule has 1 aliphatic heterocycles. The molecule has 5 fully saturated rings. The number of ether oxygens (including phenoxy) is 1. The molecule has 0 radical (unpaired) electrons. The lowest BCUT2D eigenvalue weighted by Gasteiger charge is -2.62. The van der Waals surface area contributed by atoms with Gasteiger partial charge in [0, 0.05) is 19.3 Å². The average molecular weight is 316 g/mol. The molecular formula is C21H32O2. The highest BCUT2D eigenvalue weighted by atomic mass is 16.5. The van der Waals surface area contributed by atoms with Crippen molar-refractivity contribution in [2.75, 3.05) is 6.61 Å². The van der Waals surface area contributed by atoms with Crippen molar-refractivity contribution < 1.29 is 9.53 Å². The highest BCUT2D eigenvalue weighted by Crippen LogP contribution is 2.70. The molecule has 4 saturated carbocycles. The van der Waals surface area contributed by atoms with Crippen LogP contribution >= 0.6 is 0 Å². The van der Waals surface area contributed by atoms with E-state index in [1.807, 2.05) is 0 Å². The van der Waals surface area contributed by atoms with Crippen LogP contribution in [0.25, 0.3) is 0 Å². The molecule has 5 aliphatic rings. The fraction of sp³-hybridized carbons (Fsp3) is 0.952. The van der Waals surface area contributed by atoms with E-state index < -0.39 is 0 Å². The first-order valence-electron chi connectivity index (χ1n) is 10.1. The molecule has 0 aromatic heterocycles. The van der Waals surface area contributed by atoms with Crippen molar-refractivity contribution in [1.29, 1.82) is 0 Å². The van der Waals surface area contributed by atoms with Gasteiger partial charge in [0.1, 0.15) is 5.78 Å². The summed E-state index contributed by atoms with van der Waals surface area (Å²) >= 11 is 0. The van der Waals surface area contributed by atoms with E-state index in [-0.39, 0.29) is 5.60 Å². The van der Waals surface area contributed by atoms with Gasteiger partial charge in [-0.05, 0) is 79.4 Å². The number of carbonyl (C=O) groups is 1. The Hall–Kier alpha value is -0.370. The van der Waals surface area contributed by atoms with Crippen LogP contribution in [0.5, 0.6) is 0 Å². The van der Waals surface area contributed by atoms with Gasteiger partial charge in [0.2, 0.25) is 0 Å². The molecule has 1 saturated heterocycles. The molecule has 0 aromatic rings. The third-order valence-corrected chi connectivity index (χ3v) is 9.66. The molecule has 0 amide bonds. The Kier molecular flexibility index (Phi) is 3.00. The maximum atomic E-state index is 12.0. The standard InChI is InChI=1S/C21H32O2/c1-19-8-5-15(22)13-14(19)3-4-16-17(19)6-9-20(2)18(16)7-10-21(20)11-12-23-21/h14,16-18H,3-13H2,1-2H3/t14-,16+,17+,18-,19-,20-,21+/m0/s1. The van der Waals surface area contributed by atoms with Gasteiger partial charge >= 0.3 is 0 Å². The summed E-state index contributed by atoms with van der Waals surface area (Å²) in [6.45, 7) is 6.12. The summed E-state index contributed by atoms with van der Waals surface area (Å²) in [5.41, 5.74) is 1.15. The van der Waals surface area contributed by atoms with Gasteiger partial charge in [0.15, 0.2) is 0 Å². The Labute approximate surface area is 140 Å². The summed E-state index contributed by atoms with van der Waals surface area (Å²) < 4.78 is 6.23. The molecule has 4 aliphatic carbocycles. The zero-order valence-corrected chi connectivity index (χ0v) is 14.9. The predicted molar refractivity (Wildman–Crippen MR) is 90.0 cm³/mol. The summed E-state index contributed by atoms with van der Waals surface area (Å²) in [4.78, 5) is 12.0. The van der Waals surface area contributed by atoms with Crippen molar-refractivity contribution in [1.82, 2.24) is 0 Å². The van der Waals surface area contributed by atoms with Crippen LogP contribution < -0.4 is 0 Å². The highest BCUT2D eigenvalue weighted by Gasteiger charge is 2.66. The van der Waals surface area contributed by atoms with Crippen LogP contribution in [0.4, 0.5) is 0 Å². The SMILES string of the molecule is C[C@]12CCC(=O)C[C@@H]1CC[C@@H]1[C@H]2CC[C@@]2(C)[C@H]1CC[C@@]21CCO1. The predicted octanol–water partition coefficient (Wildman–Crippen LogP) is 4.76. The van der Waals surface area contributed by atoms with E-state index in [4.69, 9.17) is 4.74 Å². The highest BCUT2D eigenvalue weighted by molar-refractivity contribution is 5.79. The number of hydrogen-bond donors (Lipinski definition) is 0. The van der Waals surface area contributed by atoms with Crippen molar-refractivity contribution in [2.45, 2.75) is 83.7 Å². The van der Waals surface area contributed by atoms with Crippen molar-refractivity contribution in [2.24, 2.45) is 34.5 Å². The molecule has 0 aromatic carbocycles. The first-order chi connectivity index (χ1) is 11.0. The molecule has 23 heavy (non-hydrogen) atoms. The monoisotopic (exact) mass is 316 g/mol. The van der Waals surface area contributed by atoms with Gasteiger partial charge in [-0.1, -0.05) is 13.8 Å². The minimum Gasteiger partial charge on any atom is -0.374 e. The summed E-state index contributed by atoms with van der Waals surface area (Å²) in [5, 5.41) is 0. The second-order valence-corrected chi connectivity index (χ2v) is 9.99. The zero-order chi connectivity index (χ0) is 15.9. The fourth-order valence-corrected chi connectivity index (χ4v) is 8.13. The molecule has 0 N–H and O–H groups in total. The van der Waals surface area contributed by atoms with Gasteiger partial charge in [-0.15, -0.1) is 0 Å². The van der Waals surface area contributed by atoms with Gasteiger partial charge in [0.25, 0.3) is 0 Å². The second-order valence-electron chi connectivity index (χ2n) is 9.99. The van der Waals surface area contributed by atoms with E-state index in [0.717, 1.165) is 37.2 Å². The number of rotatable bonds is 0. The molecule has 7 atom stereocenters. The Bertz CT molecular complexity index is 536. The van der Waals surface area contributed by atoms with E-state index in [1.54, 1.807) is 0 Å². The van der Waals surface area contributed by atoms with Crippen LogP contribution in [0.1, 0.15) is 78.1 Å². The minimum atomic E-state index is 0.253. The van der Waals surface area contributed by atoms with Gasteiger partial charge < -0.3 is 4.74 Å². The van der Waals surface area contributed by atoms with Crippen LogP contribution in [-0.4, -0.2) is 18.0 Å². The van der Waals surface area contributed by atoms with E-state index >= 15 is 0 Å². The molecule has 5 rings (SSSR count). The van der Waals surface area contributed by atoms with Crippen molar-refractivity contribution in [3.8, 4) is 0 Å². The molecule has 128 valence electrons. The smallest absolute Gasteiger partial charge is 0.133 e. The topological polar surface area (TPSA) is 26.3 Å². The molecule has 0 bridgehead atoms. The summed E-state index contributed by atoms with van der Waals surface area (Å²) in [5.74, 6) is 3.89. The van der Waals surface area contributed by atoms with Crippen LogP contribution in [0.2, 0.25) is 0 Å². The van der Waals surface area contributed by atoms with Gasteiger partial charge in [-0.25, -0.2) is 0 Å². The van der Waals surface area contributed by atoms with Gasteiger partial charge in [-0.2, -0.15) is 0 Å². The summed E-state index contributed by atoms with van der Waals surface area (Å²) in [6.07, 6.45) is 12.4. The number of hydrogen-bond acceptors (Lipinski definition) is 2. The van der Waals surface area contributed by atoms with Gasteiger partial charge in [0.05, 0.1) is 12.2 Å². The fourth-order valence-electron chi connectivity index (χ4n) is 8.13. The molecular weight excluding hydrogens is 284 g/mol. The van der Waals surface area contributed by atoms with Crippen molar-refractivity contribution in [3.05, 3.63) is 0 Å². The molecule has 1 spiro atoms. The van der Waals surface area contributed by atoms with E-state index in [2.05, 4.69) is 13.8 Å². The lowest BCUT2D eigenvalue weighted by Crippen LogP contribution is -2.60. The van der Waals surface area contributed by atoms with Crippen LogP contribution in [0.3, 0.4) is 0 Å². The van der Waals surface area contributed by atoms with E-state index in [0.29, 0.717) is 22.5 Å². The summed E-state index contributed by atoms with van der Waals surface area (Å²) in [7, 11) is 0. The Balaban J connectivity index is 1.46. The lowest BCUT2D eigenvalue weighted by atomic mass is 9.44. The number of Topliss-reactive ketones (excluding diaryl/α,β-unsaturated/α-hetero) is 1. The summed E-state index contributed by atoms with van der Waals surface area (Å²) in [6, 6.07) is 0. The number of ketones is 1. The van der Waals surface area contributed by atoms with Crippen LogP contribution in [0, 0.1) is 34.5 Å². The minimum absolute atomic E-state index is 0.253. The second kappa shape index (κ2) is 4.62. The number of fused-ring (bicyclic) bond motifs is 6. The third kappa shape index (κ3) is 1.72. The molecule has 2 heteroatoms. The van der Waals surface area contributed by atoms with Crippen molar-refractivity contribution in [3.63, 3.8) is 0 Å². The Morgan fingerprint density at radius 3 is 2.48 bits per heavy atom. The van der Waals surface area contributed by atoms with Crippen LogP contribution in [-0.2, 0) is 9.53 Å². The third-order valence-electron chi connectivity index (χ3n) is 9.66. The first kappa shape index (κ1) is 14.9. The Morgan fingerprint density at radius 2 is 1.74 bits per heavy atom.